The molecule has 66 valence electrons. The summed E-state index contributed by atoms with van der Waals surface area (Å²) in [7, 11) is 1.79. The normalized spacial score (nSPS) is 22.1. The second-order valence-electron chi connectivity index (χ2n) is 3.69. The van der Waals surface area contributed by atoms with E-state index >= 15 is 0 Å². The van der Waals surface area contributed by atoms with E-state index in [1.54, 1.807) is 7.11 Å². The summed E-state index contributed by atoms with van der Waals surface area (Å²) in [5, 5.41) is 0. The Bertz CT molecular complexity index is 115. The summed E-state index contributed by atoms with van der Waals surface area (Å²) in [6.07, 6.45) is 2.28. The Labute approximate surface area is 68.9 Å². The van der Waals surface area contributed by atoms with E-state index in [1.165, 1.54) is 0 Å². The van der Waals surface area contributed by atoms with Crippen molar-refractivity contribution in [2.45, 2.75) is 32.3 Å². The molecule has 0 radical (unpaired) electrons. The van der Waals surface area contributed by atoms with Crippen molar-refractivity contribution in [3.8, 4) is 0 Å². The van der Waals surface area contributed by atoms with Crippen LogP contribution in [0.15, 0.2) is 0 Å². The minimum absolute atomic E-state index is 0.0315. The van der Waals surface area contributed by atoms with Gasteiger partial charge < -0.3 is 9.47 Å². The molecule has 1 rings (SSSR count). The lowest BCUT2D eigenvalue weighted by Crippen LogP contribution is -2.37. The summed E-state index contributed by atoms with van der Waals surface area (Å²) in [5.41, 5.74) is 0.0315. The van der Waals surface area contributed by atoms with Gasteiger partial charge in [0.25, 0.3) is 0 Å². The first-order valence-electron chi connectivity index (χ1n) is 4.29. The molecular formula is C9H18O2. The third-order valence-corrected chi connectivity index (χ3v) is 2.73. The van der Waals surface area contributed by atoms with Gasteiger partial charge in [-0.15, -0.1) is 0 Å². The van der Waals surface area contributed by atoms with Crippen LogP contribution in [0.25, 0.3) is 0 Å². The van der Waals surface area contributed by atoms with Crippen LogP contribution in [-0.2, 0) is 9.47 Å². The van der Waals surface area contributed by atoms with Crippen molar-refractivity contribution >= 4 is 0 Å². The van der Waals surface area contributed by atoms with Crippen molar-refractivity contribution in [3.05, 3.63) is 0 Å². The minimum Gasteiger partial charge on any atom is -0.381 e. The Morgan fingerprint density at radius 1 is 1.27 bits per heavy atom. The first-order chi connectivity index (χ1) is 5.17. The molecule has 1 fully saturated rings. The lowest BCUT2D eigenvalue weighted by atomic mass is 9.85. The van der Waals surface area contributed by atoms with E-state index in [0.29, 0.717) is 5.92 Å². The maximum atomic E-state index is 5.42. The zero-order chi connectivity index (χ0) is 8.32. The molecule has 1 saturated heterocycles. The number of ether oxygens (including phenoxy) is 2. The summed E-state index contributed by atoms with van der Waals surface area (Å²) in [4.78, 5) is 0. The molecule has 0 saturated carbocycles. The third kappa shape index (κ3) is 2.17. The molecule has 0 spiro atoms. The van der Waals surface area contributed by atoms with Crippen molar-refractivity contribution in [2.75, 3.05) is 20.3 Å². The van der Waals surface area contributed by atoms with Gasteiger partial charge in [-0.2, -0.15) is 0 Å². The van der Waals surface area contributed by atoms with E-state index < -0.39 is 0 Å². The van der Waals surface area contributed by atoms with Gasteiger partial charge in [0.1, 0.15) is 0 Å². The molecule has 2 heteroatoms. The highest BCUT2D eigenvalue weighted by molar-refractivity contribution is 4.80. The van der Waals surface area contributed by atoms with Gasteiger partial charge in [0.05, 0.1) is 5.60 Å². The summed E-state index contributed by atoms with van der Waals surface area (Å²) in [6, 6.07) is 0. The van der Waals surface area contributed by atoms with Crippen LogP contribution < -0.4 is 0 Å². The van der Waals surface area contributed by atoms with E-state index in [1.807, 2.05) is 0 Å². The van der Waals surface area contributed by atoms with Gasteiger partial charge in [-0.1, -0.05) is 0 Å². The molecule has 1 aliphatic rings. The highest BCUT2D eigenvalue weighted by atomic mass is 16.5. The minimum atomic E-state index is 0.0315. The average molecular weight is 158 g/mol. The highest BCUT2D eigenvalue weighted by Crippen LogP contribution is 2.29. The van der Waals surface area contributed by atoms with Gasteiger partial charge in [-0.05, 0) is 32.6 Å². The maximum Gasteiger partial charge on any atom is 0.0652 e. The van der Waals surface area contributed by atoms with E-state index in [2.05, 4.69) is 13.8 Å². The van der Waals surface area contributed by atoms with Crippen molar-refractivity contribution in [3.63, 3.8) is 0 Å². The molecule has 0 N–H and O–H groups in total. The van der Waals surface area contributed by atoms with E-state index in [0.717, 1.165) is 26.1 Å². The topological polar surface area (TPSA) is 18.5 Å². The van der Waals surface area contributed by atoms with Gasteiger partial charge in [-0.3, -0.25) is 0 Å². The molecule has 0 aliphatic carbocycles. The summed E-state index contributed by atoms with van der Waals surface area (Å²) < 4.78 is 10.7. The monoisotopic (exact) mass is 158 g/mol. The van der Waals surface area contributed by atoms with Crippen LogP contribution >= 0.6 is 0 Å². The first-order valence-corrected chi connectivity index (χ1v) is 4.29. The molecule has 11 heavy (non-hydrogen) atoms. The standard InChI is InChI=1S/C9H18O2/c1-9(2,10-3)8-4-6-11-7-5-8/h8H,4-7H2,1-3H3. The Hall–Kier alpha value is -0.0800. The average Bonchev–Trinajstić information content (AvgIpc) is 2.06. The summed E-state index contributed by atoms with van der Waals surface area (Å²) in [5.74, 6) is 0.668. The highest BCUT2D eigenvalue weighted by Gasteiger charge is 2.30. The van der Waals surface area contributed by atoms with Crippen LogP contribution in [0.4, 0.5) is 0 Å². The lowest BCUT2D eigenvalue weighted by Gasteiger charge is -2.35. The van der Waals surface area contributed by atoms with E-state index in [4.69, 9.17) is 9.47 Å². The van der Waals surface area contributed by atoms with Gasteiger partial charge in [0.2, 0.25) is 0 Å². The number of hydrogen-bond donors (Lipinski definition) is 0. The zero-order valence-electron chi connectivity index (χ0n) is 7.72. The van der Waals surface area contributed by atoms with Crippen molar-refractivity contribution in [1.82, 2.24) is 0 Å². The van der Waals surface area contributed by atoms with Gasteiger partial charge in [0.15, 0.2) is 0 Å². The predicted molar refractivity (Wildman–Crippen MR) is 44.6 cm³/mol. The Morgan fingerprint density at radius 2 is 1.82 bits per heavy atom. The molecular weight excluding hydrogens is 140 g/mol. The molecule has 0 unspecified atom stereocenters. The molecule has 2 nitrogen and oxygen atoms in total. The number of rotatable bonds is 2. The molecule has 1 heterocycles. The molecule has 0 aromatic carbocycles. The lowest BCUT2D eigenvalue weighted by molar-refractivity contribution is -0.0683. The maximum absolute atomic E-state index is 5.42. The van der Waals surface area contributed by atoms with Gasteiger partial charge in [0, 0.05) is 20.3 Å². The summed E-state index contributed by atoms with van der Waals surface area (Å²) in [6.45, 7) is 6.11. The Kier molecular flexibility index (Phi) is 2.90. The van der Waals surface area contributed by atoms with Crippen molar-refractivity contribution in [2.24, 2.45) is 5.92 Å². The smallest absolute Gasteiger partial charge is 0.0652 e. The van der Waals surface area contributed by atoms with Crippen LogP contribution in [-0.4, -0.2) is 25.9 Å². The SMILES string of the molecule is COC(C)(C)C1CCOCC1. The Morgan fingerprint density at radius 3 is 2.27 bits per heavy atom. The fourth-order valence-electron chi connectivity index (χ4n) is 1.56. The quantitative estimate of drug-likeness (QED) is 0.610. The van der Waals surface area contributed by atoms with E-state index in [-0.39, 0.29) is 5.60 Å². The number of hydrogen-bond acceptors (Lipinski definition) is 2. The van der Waals surface area contributed by atoms with Crippen LogP contribution in [0.1, 0.15) is 26.7 Å². The fraction of sp³-hybridized carbons (Fsp3) is 1.00. The first kappa shape index (κ1) is 9.01. The second kappa shape index (κ2) is 3.55. The van der Waals surface area contributed by atoms with Crippen LogP contribution in [0.5, 0.6) is 0 Å². The largest absolute Gasteiger partial charge is 0.381 e. The molecule has 0 amide bonds. The zero-order valence-corrected chi connectivity index (χ0v) is 7.72. The Balaban J connectivity index is 2.43. The molecule has 0 bridgehead atoms. The molecule has 0 atom stereocenters. The van der Waals surface area contributed by atoms with Crippen LogP contribution in [0.3, 0.4) is 0 Å². The number of methoxy groups -OCH3 is 1. The van der Waals surface area contributed by atoms with Crippen molar-refractivity contribution in [1.29, 1.82) is 0 Å². The van der Waals surface area contributed by atoms with Gasteiger partial charge >= 0.3 is 0 Å². The molecule has 0 aromatic heterocycles. The van der Waals surface area contributed by atoms with E-state index in [9.17, 15) is 0 Å². The third-order valence-electron chi connectivity index (χ3n) is 2.73. The molecule has 1 aliphatic heterocycles. The fourth-order valence-corrected chi connectivity index (χ4v) is 1.56. The van der Waals surface area contributed by atoms with Gasteiger partial charge in [-0.25, -0.2) is 0 Å². The molecule has 0 aromatic rings. The van der Waals surface area contributed by atoms with Crippen molar-refractivity contribution < 1.29 is 9.47 Å². The summed E-state index contributed by atoms with van der Waals surface area (Å²) >= 11 is 0. The van der Waals surface area contributed by atoms with Crippen LogP contribution in [0.2, 0.25) is 0 Å². The van der Waals surface area contributed by atoms with Crippen LogP contribution in [0, 0.1) is 5.92 Å². The second-order valence-corrected chi connectivity index (χ2v) is 3.69. The predicted octanol–water partition coefficient (Wildman–Crippen LogP) is 1.84.